The van der Waals surface area contributed by atoms with Gasteiger partial charge in [0.15, 0.2) is 0 Å². The van der Waals surface area contributed by atoms with E-state index in [1.165, 1.54) is 0 Å². The smallest absolute Gasteiger partial charge is 0.145 e. The molecule has 0 unspecified atom stereocenters. The number of methoxy groups -OCH3 is 1. The molecule has 1 aliphatic rings. The van der Waals surface area contributed by atoms with Gasteiger partial charge in [-0.3, -0.25) is 4.90 Å². The van der Waals surface area contributed by atoms with Crippen LogP contribution in [-0.4, -0.2) is 55.9 Å². The first-order chi connectivity index (χ1) is 11.3. The van der Waals surface area contributed by atoms with Gasteiger partial charge in [0, 0.05) is 31.1 Å². The van der Waals surface area contributed by atoms with E-state index < -0.39 is 0 Å². The van der Waals surface area contributed by atoms with Gasteiger partial charge >= 0.3 is 0 Å². The monoisotopic (exact) mass is 315 g/mol. The molecule has 0 bridgehead atoms. The van der Waals surface area contributed by atoms with Crippen LogP contribution in [-0.2, 0) is 4.74 Å². The average Bonchev–Trinajstić information content (AvgIpc) is 2.62. The Labute approximate surface area is 137 Å². The largest absolute Gasteiger partial charge is 0.494 e. The molecule has 0 saturated carbocycles. The first kappa shape index (κ1) is 16.0. The molecule has 1 saturated heterocycles. The predicted molar refractivity (Wildman–Crippen MR) is 93.3 cm³/mol. The van der Waals surface area contributed by atoms with Crippen LogP contribution in [0.15, 0.2) is 30.3 Å². The maximum absolute atomic E-state index is 5.44. The molecule has 2 aromatic rings. The van der Waals surface area contributed by atoms with Gasteiger partial charge in [0.25, 0.3) is 0 Å². The summed E-state index contributed by atoms with van der Waals surface area (Å²) in [5, 5.41) is 4.58. The number of aromatic nitrogens is 1. The predicted octanol–water partition coefficient (Wildman–Crippen LogP) is 2.77. The lowest BCUT2D eigenvalue weighted by atomic mass is 10.1. The van der Waals surface area contributed by atoms with Crippen LogP contribution in [0.3, 0.4) is 0 Å². The first-order valence-corrected chi connectivity index (χ1v) is 8.31. The minimum atomic E-state index is 0.508. The topological polar surface area (TPSA) is 46.6 Å². The molecule has 1 atom stereocenters. The number of anilines is 1. The second-order valence-electron chi connectivity index (χ2n) is 5.82. The van der Waals surface area contributed by atoms with E-state index in [9.17, 15) is 0 Å². The van der Waals surface area contributed by atoms with Gasteiger partial charge in [-0.2, -0.15) is 0 Å². The number of nitrogens with zero attached hydrogens (tertiary/aromatic N) is 2. The maximum atomic E-state index is 5.44. The summed E-state index contributed by atoms with van der Waals surface area (Å²) in [6.45, 7) is 6.82. The Hall–Kier alpha value is -1.85. The maximum Gasteiger partial charge on any atom is 0.145 e. The number of para-hydroxylation sites is 1. The zero-order valence-electron chi connectivity index (χ0n) is 13.9. The summed E-state index contributed by atoms with van der Waals surface area (Å²) in [7, 11) is 1.68. The Balaban J connectivity index is 1.70. The second kappa shape index (κ2) is 7.62. The summed E-state index contributed by atoms with van der Waals surface area (Å²) in [6.07, 6.45) is 1.11. The highest BCUT2D eigenvalue weighted by Gasteiger charge is 2.19. The van der Waals surface area contributed by atoms with Crippen LogP contribution in [0, 0.1) is 0 Å². The van der Waals surface area contributed by atoms with E-state index in [1.807, 2.05) is 18.2 Å². The third-order valence-corrected chi connectivity index (χ3v) is 4.46. The highest BCUT2D eigenvalue weighted by atomic mass is 16.5. The summed E-state index contributed by atoms with van der Waals surface area (Å²) < 4.78 is 10.9. The molecule has 1 aliphatic heterocycles. The van der Waals surface area contributed by atoms with Gasteiger partial charge in [-0.25, -0.2) is 4.98 Å². The van der Waals surface area contributed by atoms with E-state index in [0.717, 1.165) is 61.7 Å². The van der Waals surface area contributed by atoms with Gasteiger partial charge in [0.1, 0.15) is 17.1 Å². The fourth-order valence-electron chi connectivity index (χ4n) is 3.08. The Bertz CT molecular complexity index is 641. The van der Waals surface area contributed by atoms with E-state index in [2.05, 4.69) is 29.3 Å². The van der Waals surface area contributed by atoms with Gasteiger partial charge < -0.3 is 14.8 Å². The highest BCUT2D eigenvalue weighted by Crippen LogP contribution is 2.24. The Morgan fingerprint density at radius 1 is 1.26 bits per heavy atom. The summed E-state index contributed by atoms with van der Waals surface area (Å²) in [5.41, 5.74) is 0.902. The minimum absolute atomic E-state index is 0.508. The fourth-order valence-corrected chi connectivity index (χ4v) is 3.08. The second-order valence-corrected chi connectivity index (χ2v) is 5.82. The molecule has 1 fully saturated rings. The highest BCUT2D eigenvalue weighted by molar-refractivity contribution is 5.85. The molecule has 124 valence electrons. The summed E-state index contributed by atoms with van der Waals surface area (Å²) in [6, 6.07) is 10.6. The quantitative estimate of drug-likeness (QED) is 0.888. The van der Waals surface area contributed by atoms with Crippen LogP contribution >= 0.6 is 0 Å². The van der Waals surface area contributed by atoms with Crippen molar-refractivity contribution in [3.8, 4) is 5.75 Å². The van der Waals surface area contributed by atoms with E-state index in [1.54, 1.807) is 7.11 Å². The van der Waals surface area contributed by atoms with Crippen LogP contribution in [0.5, 0.6) is 5.75 Å². The molecule has 0 amide bonds. The van der Waals surface area contributed by atoms with Crippen molar-refractivity contribution in [3.63, 3.8) is 0 Å². The molecule has 1 aromatic heterocycles. The zero-order valence-corrected chi connectivity index (χ0v) is 13.9. The normalized spacial score (nSPS) is 17.1. The number of ether oxygens (including phenoxy) is 2. The number of hydrogen-bond donors (Lipinski definition) is 1. The zero-order chi connectivity index (χ0) is 16.1. The van der Waals surface area contributed by atoms with Crippen LogP contribution < -0.4 is 10.1 Å². The number of benzene rings is 1. The molecule has 0 aliphatic carbocycles. The van der Waals surface area contributed by atoms with Crippen molar-refractivity contribution in [1.29, 1.82) is 0 Å². The van der Waals surface area contributed by atoms with Crippen LogP contribution in [0.4, 0.5) is 5.82 Å². The van der Waals surface area contributed by atoms with Crippen molar-refractivity contribution in [2.45, 2.75) is 19.4 Å². The standard InChI is InChI=1S/C18H25N3O2/c1-3-15(21-9-11-23-12-10-21)13-19-17-8-7-14-5-4-6-16(22-2)18(14)20-17/h4-8,15H,3,9-13H2,1-2H3,(H,19,20)/t15-/m0/s1. The van der Waals surface area contributed by atoms with Crippen molar-refractivity contribution in [2.75, 3.05) is 45.3 Å². The van der Waals surface area contributed by atoms with Gasteiger partial charge in [-0.05, 0) is 24.6 Å². The molecular formula is C18H25N3O2. The number of rotatable bonds is 6. The third kappa shape index (κ3) is 3.74. The Morgan fingerprint density at radius 3 is 2.83 bits per heavy atom. The molecule has 3 rings (SSSR count). The van der Waals surface area contributed by atoms with Crippen LogP contribution in [0.2, 0.25) is 0 Å². The molecule has 1 aromatic carbocycles. The van der Waals surface area contributed by atoms with Crippen molar-refractivity contribution in [3.05, 3.63) is 30.3 Å². The van der Waals surface area contributed by atoms with Gasteiger partial charge in [0.05, 0.1) is 20.3 Å². The SMILES string of the molecule is CC[C@@H](CNc1ccc2cccc(OC)c2n1)N1CCOCC1. The number of hydrogen-bond acceptors (Lipinski definition) is 5. The van der Waals surface area contributed by atoms with Crippen LogP contribution in [0.1, 0.15) is 13.3 Å². The molecule has 0 spiro atoms. The molecule has 1 N–H and O–H groups in total. The van der Waals surface area contributed by atoms with E-state index in [4.69, 9.17) is 14.5 Å². The van der Waals surface area contributed by atoms with Crippen LogP contribution in [0.25, 0.3) is 10.9 Å². The average molecular weight is 315 g/mol. The van der Waals surface area contributed by atoms with E-state index in [-0.39, 0.29) is 0 Å². The van der Waals surface area contributed by atoms with Crippen molar-refractivity contribution >= 4 is 16.7 Å². The lowest BCUT2D eigenvalue weighted by Gasteiger charge is -2.34. The fraction of sp³-hybridized carbons (Fsp3) is 0.500. The summed E-state index contributed by atoms with van der Waals surface area (Å²) in [5.74, 6) is 1.71. The molecule has 5 heteroatoms. The molecular weight excluding hydrogens is 290 g/mol. The van der Waals surface area contributed by atoms with Gasteiger partial charge in [-0.1, -0.05) is 19.1 Å². The van der Waals surface area contributed by atoms with Gasteiger partial charge in [-0.15, -0.1) is 0 Å². The lowest BCUT2D eigenvalue weighted by molar-refractivity contribution is 0.0184. The minimum Gasteiger partial charge on any atom is -0.494 e. The number of pyridine rings is 1. The molecule has 2 heterocycles. The summed E-state index contributed by atoms with van der Waals surface area (Å²) in [4.78, 5) is 7.22. The molecule has 23 heavy (non-hydrogen) atoms. The molecule has 0 radical (unpaired) electrons. The lowest BCUT2D eigenvalue weighted by Crippen LogP contribution is -2.46. The van der Waals surface area contributed by atoms with Crippen molar-refractivity contribution in [2.24, 2.45) is 0 Å². The third-order valence-electron chi connectivity index (χ3n) is 4.46. The number of fused-ring (bicyclic) bond motifs is 1. The Kier molecular flexibility index (Phi) is 5.31. The van der Waals surface area contributed by atoms with E-state index >= 15 is 0 Å². The molecule has 5 nitrogen and oxygen atoms in total. The van der Waals surface area contributed by atoms with Crippen molar-refractivity contribution in [1.82, 2.24) is 9.88 Å². The number of morpholine rings is 1. The number of nitrogens with one attached hydrogen (secondary N) is 1. The first-order valence-electron chi connectivity index (χ1n) is 8.31. The van der Waals surface area contributed by atoms with E-state index in [0.29, 0.717) is 6.04 Å². The van der Waals surface area contributed by atoms with Crippen molar-refractivity contribution < 1.29 is 9.47 Å². The summed E-state index contributed by atoms with van der Waals surface area (Å²) >= 11 is 0. The Morgan fingerprint density at radius 2 is 2.09 bits per heavy atom. The van der Waals surface area contributed by atoms with Gasteiger partial charge in [0.2, 0.25) is 0 Å².